The van der Waals surface area contributed by atoms with Crippen molar-refractivity contribution in [1.29, 1.82) is 5.41 Å². The summed E-state index contributed by atoms with van der Waals surface area (Å²) in [6, 6.07) is 0.315. The Morgan fingerprint density at radius 3 is 2.92 bits per heavy atom. The van der Waals surface area contributed by atoms with Gasteiger partial charge in [0, 0.05) is 24.0 Å². The molecule has 0 amide bonds. The van der Waals surface area contributed by atoms with Crippen LogP contribution in [-0.4, -0.2) is 18.0 Å². The molecular weight excluding hydrogens is 164 g/mol. The Morgan fingerprint density at radius 1 is 1.85 bits per heavy atom. The first kappa shape index (κ1) is 9.77. The van der Waals surface area contributed by atoms with Crippen LogP contribution in [0.2, 0.25) is 0 Å². The number of hydrogen-bond acceptors (Lipinski definition) is 4. The zero-order valence-electron chi connectivity index (χ0n) is 8.09. The van der Waals surface area contributed by atoms with E-state index in [1.165, 1.54) is 6.21 Å². The molecule has 4 N–H and O–H groups in total. The molecule has 1 rings (SSSR count). The van der Waals surface area contributed by atoms with Gasteiger partial charge in [0.25, 0.3) is 0 Å². The highest BCUT2D eigenvalue weighted by Crippen LogP contribution is 2.13. The first-order valence-electron chi connectivity index (χ1n) is 4.38. The molecule has 0 aromatic carbocycles. The minimum atomic E-state index is 0.315. The Hall–Kier alpha value is -1.32. The van der Waals surface area contributed by atoms with E-state index >= 15 is 0 Å². The van der Waals surface area contributed by atoms with Crippen molar-refractivity contribution in [2.24, 2.45) is 10.8 Å². The SMILES string of the molecule is CC1=NNC(CC(C=N)=C(C)N)C1. The van der Waals surface area contributed by atoms with E-state index in [4.69, 9.17) is 11.1 Å². The Morgan fingerprint density at radius 2 is 2.54 bits per heavy atom. The second kappa shape index (κ2) is 4.07. The molecule has 1 heterocycles. The highest BCUT2D eigenvalue weighted by Gasteiger charge is 2.16. The number of hydrazone groups is 1. The minimum absolute atomic E-state index is 0.315. The molecule has 0 spiro atoms. The molecule has 1 unspecified atom stereocenters. The molecule has 0 saturated carbocycles. The largest absolute Gasteiger partial charge is 0.402 e. The third-order valence-electron chi connectivity index (χ3n) is 2.13. The van der Waals surface area contributed by atoms with E-state index in [9.17, 15) is 0 Å². The molecule has 0 radical (unpaired) electrons. The van der Waals surface area contributed by atoms with Crippen LogP contribution < -0.4 is 11.2 Å². The first-order valence-corrected chi connectivity index (χ1v) is 4.38. The lowest BCUT2D eigenvalue weighted by molar-refractivity contribution is 0.584. The summed E-state index contributed by atoms with van der Waals surface area (Å²) in [6.07, 6.45) is 3.06. The summed E-state index contributed by atoms with van der Waals surface area (Å²) in [5, 5.41) is 11.3. The predicted octanol–water partition coefficient (Wildman–Crippen LogP) is 0.997. The van der Waals surface area contributed by atoms with Crippen LogP contribution in [0.15, 0.2) is 16.4 Å². The fourth-order valence-electron chi connectivity index (χ4n) is 1.37. The number of allylic oxidation sites excluding steroid dienone is 1. The summed E-state index contributed by atoms with van der Waals surface area (Å²) >= 11 is 0. The van der Waals surface area contributed by atoms with Crippen LogP contribution >= 0.6 is 0 Å². The van der Waals surface area contributed by atoms with Gasteiger partial charge in [0.2, 0.25) is 0 Å². The standard InChI is InChI=1S/C9H16N4/c1-6-3-9(13-12-6)4-8(5-10)7(2)11/h5,9-10,13H,3-4,11H2,1-2H3. The van der Waals surface area contributed by atoms with E-state index in [0.717, 1.165) is 29.8 Å². The zero-order valence-corrected chi connectivity index (χ0v) is 8.09. The Balaban J connectivity index is 2.51. The number of nitrogens with two attached hydrogens (primary N) is 1. The van der Waals surface area contributed by atoms with Crippen molar-refractivity contribution in [3.05, 3.63) is 11.3 Å². The molecule has 72 valence electrons. The highest BCUT2D eigenvalue weighted by atomic mass is 15.3. The number of hydrogen-bond donors (Lipinski definition) is 3. The predicted molar refractivity (Wildman–Crippen MR) is 54.9 cm³/mol. The van der Waals surface area contributed by atoms with Crippen LogP contribution in [0.3, 0.4) is 0 Å². The van der Waals surface area contributed by atoms with Crippen LogP contribution in [0.25, 0.3) is 0 Å². The maximum absolute atomic E-state index is 7.18. The summed E-state index contributed by atoms with van der Waals surface area (Å²) in [5.41, 5.74) is 11.4. The molecule has 4 heteroatoms. The van der Waals surface area contributed by atoms with Crippen molar-refractivity contribution in [2.45, 2.75) is 32.7 Å². The third-order valence-corrected chi connectivity index (χ3v) is 2.13. The summed E-state index contributed by atoms with van der Waals surface area (Å²) in [6.45, 7) is 3.82. The summed E-state index contributed by atoms with van der Waals surface area (Å²) in [4.78, 5) is 0. The molecule has 13 heavy (non-hydrogen) atoms. The van der Waals surface area contributed by atoms with E-state index in [0.29, 0.717) is 6.04 Å². The monoisotopic (exact) mass is 180 g/mol. The molecule has 1 aliphatic rings. The number of nitrogens with one attached hydrogen (secondary N) is 2. The van der Waals surface area contributed by atoms with Crippen molar-refractivity contribution in [3.8, 4) is 0 Å². The Bertz CT molecular complexity index is 261. The van der Waals surface area contributed by atoms with Crippen LogP contribution in [0.5, 0.6) is 0 Å². The molecule has 1 aliphatic heterocycles. The lowest BCUT2D eigenvalue weighted by Crippen LogP contribution is -2.21. The highest BCUT2D eigenvalue weighted by molar-refractivity contribution is 5.84. The van der Waals surface area contributed by atoms with Crippen LogP contribution in [0.1, 0.15) is 26.7 Å². The molecule has 0 fully saturated rings. The molecule has 1 atom stereocenters. The average Bonchev–Trinajstić information content (AvgIpc) is 2.46. The van der Waals surface area contributed by atoms with E-state index in [-0.39, 0.29) is 0 Å². The zero-order chi connectivity index (χ0) is 9.84. The fraction of sp³-hybridized carbons (Fsp3) is 0.556. The second-order valence-electron chi connectivity index (χ2n) is 3.43. The van der Waals surface area contributed by atoms with E-state index in [1.54, 1.807) is 0 Å². The number of nitrogens with zero attached hydrogens (tertiary/aromatic N) is 1. The van der Waals surface area contributed by atoms with E-state index in [1.807, 2.05) is 13.8 Å². The molecule has 0 aromatic rings. The lowest BCUT2D eigenvalue weighted by atomic mass is 10.0. The van der Waals surface area contributed by atoms with Gasteiger partial charge >= 0.3 is 0 Å². The van der Waals surface area contributed by atoms with E-state index < -0.39 is 0 Å². The maximum Gasteiger partial charge on any atom is 0.0534 e. The van der Waals surface area contributed by atoms with Crippen molar-refractivity contribution in [3.63, 3.8) is 0 Å². The molecule has 0 saturated heterocycles. The quantitative estimate of drug-likeness (QED) is 0.567. The van der Waals surface area contributed by atoms with Crippen molar-refractivity contribution >= 4 is 11.9 Å². The summed E-state index contributed by atoms with van der Waals surface area (Å²) < 4.78 is 0. The second-order valence-corrected chi connectivity index (χ2v) is 3.43. The third kappa shape index (κ3) is 2.57. The van der Waals surface area contributed by atoms with Crippen LogP contribution in [0, 0.1) is 5.41 Å². The minimum Gasteiger partial charge on any atom is -0.402 e. The normalized spacial score (nSPS) is 23.2. The van der Waals surface area contributed by atoms with Crippen molar-refractivity contribution < 1.29 is 0 Å². The van der Waals surface area contributed by atoms with Gasteiger partial charge in [-0.2, -0.15) is 5.10 Å². The fourth-order valence-corrected chi connectivity index (χ4v) is 1.37. The lowest BCUT2D eigenvalue weighted by Gasteiger charge is -2.10. The Labute approximate surface area is 78.4 Å². The summed E-state index contributed by atoms with van der Waals surface area (Å²) in [5.74, 6) is 0. The average molecular weight is 180 g/mol. The van der Waals surface area contributed by atoms with Gasteiger partial charge in [0.1, 0.15) is 0 Å². The molecule has 0 aliphatic carbocycles. The molecule has 4 nitrogen and oxygen atoms in total. The molecule has 0 aromatic heterocycles. The maximum atomic E-state index is 7.18. The van der Waals surface area contributed by atoms with Gasteiger partial charge in [0.15, 0.2) is 0 Å². The van der Waals surface area contributed by atoms with E-state index in [2.05, 4.69) is 10.5 Å². The van der Waals surface area contributed by atoms with Gasteiger partial charge in [-0.25, -0.2) is 0 Å². The summed E-state index contributed by atoms with van der Waals surface area (Å²) in [7, 11) is 0. The number of rotatable bonds is 3. The van der Waals surface area contributed by atoms with Crippen LogP contribution in [-0.2, 0) is 0 Å². The van der Waals surface area contributed by atoms with Gasteiger partial charge in [-0.05, 0) is 25.8 Å². The van der Waals surface area contributed by atoms with Gasteiger partial charge in [-0.15, -0.1) is 0 Å². The van der Waals surface area contributed by atoms with Gasteiger partial charge < -0.3 is 16.6 Å². The van der Waals surface area contributed by atoms with Crippen molar-refractivity contribution in [2.75, 3.05) is 0 Å². The molecular formula is C9H16N4. The van der Waals surface area contributed by atoms with Gasteiger partial charge in [0.05, 0.1) is 6.04 Å². The van der Waals surface area contributed by atoms with Crippen molar-refractivity contribution in [1.82, 2.24) is 5.43 Å². The topological polar surface area (TPSA) is 74.3 Å². The van der Waals surface area contributed by atoms with Gasteiger partial charge in [-0.1, -0.05) is 0 Å². The smallest absolute Gasteiger partial charge is 0.0534 e. The van der Waals surface area contributed by atoms with Gasteiger partial charge in [-0.3, -0.25) is 0 Å². The first-order chi connectivity index (χ1) is 6.13. The molecule has 0 bridgehead atoms. The van der Waals surface area contributed by atoms with Crippen LogP contribution in [0.4, 0.5) is 0 Å². The Kier molecular flexibility index (Phi) is 3.06.